The van der Waals surface area contributed by atoms with Crippen molar-refractivity contribution in [3.8, 4) is 0 Å². The molecule has 4 nitrogen and oxygen atoms in total. The second kappa shape index (κ2) is 9.54. The number of carbonyl (C=O) groups is 3. The molecule has 1 N–H and O–H groups in total. The number of hydrogen-bond acceptors (Lipinski definition) is 3. The fourth-order valence-corrected chi connectivity index (χ4v) is 3.12. The number of Topliss-reactive ketones (excluding diaryl/α,β-unsaturated/α-hetero) is 1. The van der Waals surface area contributed by atoms with E-state index in [9.17, 15) is 14.4 Å². The van der Waals surface area contributed by atoms with Gasteiger partial charge in [-0.05, 0) is 37.5 Å². The summed E-state index contributed by atoms with van der Waals surface area (Å²) in [7, 11) is 0. The smallest absolute Gasteiger partial charge is 0.220 e. The van der Waals surface area contributed by atoms with Crippen LogP contribution in [0.25, 0.3) is 0 Å². The van der Waals surface area contributed by atoms with E-state index in [0.717, 1.165) is 25.5 Å². The van der Waals surface area contributed by atoms with E-state index >= 15 is 0 Å². The predicted octanol–water partition coefficient (Wildman–Crippen LogP) is 3.06. The minimum atomic E-state index is -0.414. The fraction of sp³-hybridized carbons (Fsp3) is 0.722. The lowest BCUT2D eigenvalue weighted by molar-refractivity contribution is -0.125. The molecule has 1 saturated carbocycles. The van der Waals surface area contributed by atoms with Gasteiger partial charge in [-0.3, -0.25) is 9.59 Å². The van der Waals surface area contributed by atoms with Gasteiger partial charge in [-0.15, -0.1) is 0 Å². The van der Waals surface area contributed by atoms with E-state index in [4.69, 9.17) is 0 Å². The van der Waals surface area contributed by atoms with Gasteiger partial charge in [0.05, 0.1) is 6.04 Å². The van der Waals surface area contributed by atoms with E-state index in [-0.39, 0.29) is 23.5 Å². The molecule has 0 saturated heterocycles. The normalized spacial score (nSPS) is 23.2. The van der Waals surface area contributed by atoms with Gasteiger partial charge in [0.1, 0.15) is 12.1 Å². The van der Waals surface area contributed by atoms with Crippen molar-refractivity contribution in [2.75, 3.05) is 0 Å². The number of nitrogens with one attached hydrogen (secondary N) is 1. The van der Waals surface area contributed by atoms with Crippen molar-refractivity contribution in [1.29, 1.82) is 0 Å². The highest BCUT2D eigenvalue weighted by molar-refractivity contribution is 5.86. The van der Waals surface area contributed by atoms with Crippen LogP contribution in [-0.2, 0) is 14.4 Å². The first-order valence-corrected chi connectivity index (χ1v) is 8.40. The van der Waals surface area contributed by atoms with Crippen LogP contribution in [0.15, 0.2) is 12.2 Å². The zero-order valence-corrected chi connectivity index (χ0v) is 14.0. The Bertz CT molecular complexity index is 415. The Morgan fingerprint density at radius 3 is 2.68 bits per heavy atom. The molecule has 0 bridgehead atoms. The van der Waals surface area contributed by atoms with E-state index in [0.29, 0.717) is 25.2 Å². The van der Waals surface area contributed by atoms with E-state index in [2.05, 4.69) is 18.3 Å². The van der Waals surface area contributed by atoms with E-state index in [1.54, 1.807) is 0 Å². The van der Waals surface area contributed by atoms with Gasteiger partial charge in [0.2, 0.25) is 5.91 Å². The Morgan fingerprint density at radius 2 is 2.09 bits per heavy atom. The van der Waals surface area contributed by atoms with Crippen LogP contribution in [0.5, 0.6) is 0 Å². The second-order valence-corrected chi connectivity index (χ2v) is 6.63. The zero-order chi connectivity index (χ0) is 16.5. The monoisotopic (exact) mass is 307 g/mol. The molecule has 0 spiro atoms. The van der Waals surface area contributed by atoms with Gasteiger partial charge in [-0.1, -0.05) is 32.9 Å². The van der Waals surface area contributed by atoms with Gasteiger partial charge in [-0.2, -0.15) is 0 Å². The first kappa shape index (κ1) is 18.6. The van der Waals surface area contributed by atoms with Crippen LogP contribution < -0.4 is 5.32 Å². The lowest BCUT2D eigenvalue weighted by Gasteiger charge is -2.19. The van der Waals surface area contributed by atoms with Crippen LogP contribution in [0, 0.1) is 17.8 Å². The molecule has 2 unspecified atom stereocenters. The topological polar surface area (TPSA) is 63.2 Å². The molecule has 0 heterocycles. The molecule has 0 aromatic rings. The minimum absolute atomic E-state index is 0.0340. The van der Waals surface area contributed by atoms with Crippen molar-refractivity contribution < 1.29 is 14.4 Å². The maximum Gasteiger partial charge on any atom is 0.220 e. The molecule has 0 radical (unpaired) electrons. The highest BCUT2D eigenvalue weighted by Crippen LogP contribution is 2.34. The Hall–Kier alpha value is -1.45. The van der Waals surface area contributed by atoms with Crippen molar-refractivity contribution in [1.82, 2.24) is 5.32 Å². The Morgan fingerprint density at radius 1 is 1.36 bits per heavy atom. The van der Waals surface area contributed by atoms with E-state index < -0.39 is 6.04 Å². The summed E-state index contributed by atoms with van der Waals surface area (Å²) in [6.45, 7) is 6.11. The lowest BCUT2D eigenvalue weighted by atomic mass is 9.89. The van der Waals surface area contributed by atoms with Crippen molar-refractivity contribution in [2.45, 2.75) is 65.3 Å². The van der Waals surface area contributed by atoms with Crippen LogP contribution in [0.4, 0.5) is 0 Å². The molecule has 124 valence electrons. The summed E-state index contributed by atoms with van der Waals surface area (Å²) in [5.74, 6) is 0.596. The maximum absolute atomic E-state index is 12.1. The Kier molecular flexibility index (Phi) is 8.07. The van der Waals surface area contributed by atoms with Crippen molar-refractivity contribution in [3.63, 3.8) is 0 Å². The number of hydrogen-bond donors (Lipinski definition) is 1. The van der Waals surface area contributed by atoms with E-state index in [1.165, 1.54) is 0 Å². The summed E-state index contributed by atoms with van der Waals surface area (Å²) in [6, 6.07) is -0.414. The summed E-state index contributed by atoms with van der Waals surface area (Å²) in [6.07, 6.45) is 8.97. The molecule has 1 rings (SSSR count). The number of allylic oxidation sites excluding steroid dienone is 2. The number of aldehydes is 1. The predicted molar refractivity (Wildman–Crippen MR) is 87.3 cm³/mol. The van der Waals surface area contributed by atoms with Crippen LogP contribution in [0.2, 0.25) is 0 Å². The van der Waals surface area contributed by atoms with Crippen LogP contribution in [0.3, 0.4) is 0 Å². The molecule has 0 aliphatic heterocycles. The zero-order valence-electron chi connectivity index (χ0n) is 14.0. The molecular formula is C18H29NO3. The molecule has 1 aliphatic carbocycles. The first-order valence-electron chi connectivity index (χ1n) is 8.40. The van der Waals surface area contributed by atoms with Crippen LogP contribution in [-0.4, -0.2) is 24.0 Å². The molecule has 3 atom stereocenters. The van der Waals surface area contributed by atoms with Crippen molar-refractivity contribution >= 4 is 18.0 Å². The van der Waals surface area contributed by atoms with Gasteiger partial charge < -0.3 is 10.1 Å². The average molecular weight is 307 g/mol. The summed E-state index contributed by atoms with van der Waals surface area (Å²) in [4.78, 5) is 35.1. The van der Waals surface area contributed by atoms with Gasteiger partial charge >= 0.3 is 0 Å². The third-order valence-corrected chi connectivity index (χ3v) is 4.22. The third-order valence-electron chi connectivity index (χ3n) is 4.22. The standard InChI is InChI=1S/C18H29NO3/c1-4-5-6-7-16-14(8-9-17(16)21)11-18(22)19-15(12-20)10-13(2)3/h5-6,12-16H,4,7-11H2,1-3H3,(H,19,22)/b6-5+/t14?,15-,16?/m1/s1. The molecule has 0 aromatic carbocycles. The highest BCUT2D eigenvalue weighted by Gasteiger charge is 2.35. The Labute approximate surface area is 133 Å². The van der Waals surface area contributed by atoms with Gasteiger partial charge in [0, 0.05) is 18.8 Å². The SMILES string of the molecule is CC/C=C/CC1C(=O)CCC1CC(=O)N[C@@H](C=O)CC(C)C. The average Bonchev–Trinajstić information content (AvgIpc) is 2.79. The molecule has 1 fully saturated rings. The van der Waals surface area contributed by atoms with Gasteiger partial charge in [0.25, 0.3) is 0 Å². The first-order chi connectivity index (χ1) is 10.5. The van der Waals surface area contributed by atoms with Crippen LogP contribution >= 0.6 is 0 Å². The molecular weight excluding hydrogens is 278 g/mol. The van der Waals surface area contributed by atoms with Crippen molar-refractivity contribution in [2.24, 2.45) is 17.8 Å². The largest absolute Gasteiger partial charge is 0.347 e. The summed E-state index contributed by atoms with van der Waals surface area (Å²) < 4.78 is 0. The minimum Gasteiger partial charge on any atom is -0.347 e. The van der Waals surface area contributed by atoms with Gasteiger partial charge in [-0.25, -0.2) is 0 Å². The van der Waals surface area contributed by atoms with Crippen molar-refractivity contribution in [3.05, 3.63) is 12.2 Å². The van der Waals surface area contributed by atoms with E-state index in [1.807, 2.05) is 19.9 Å². The molecule has 22 heavy (non-hydrogen) atoms. The third kappa shape index (κ3) is 6.12. The number of ketones is 1. The molecule has 1 amide bonds. The molecule has 0 aromatic heterocycles. The Balaban J connectivity index is 2.52. The number of rotatable bonds is 9. The van der Waals surface area contributed by atoms with Gasteiger partial charge in [0.15, 0.2) is 0 Å². The summed E-state index contributed by atoms with van der Waals surface area (Å²) in [5.41, 5.74) is 0. The summed E-state index contributed by atoms with van der Waals surface area (Å²) >= 11 is 0. The molecule has 1 aliphatic rings. The van der Waals surface area contributed by atoms with Crippen LogP contribution in [0.1, 0.15) is 59.3 Å². The number of carbonyl (C=O) groups excluding carboxylic acids is 3. The molecule has 4 heteroatoms. The lowest BCUT2D eigenvalue weighted by Crippen LogP contribution is -2.38. The number of amides is 1. The second-order valence-electron chi connectivity index (χ2n) is 6.63. The maximum atomic E-state index is 12.1. The highest BCUT2D eigenvalue weighted by atomic mass is 16.2. The fourth-order valence-electron chi connectivity index (χ4n) is 3.12. The quantitative estimate of drug-likeness (QED) is 0.526. The summed E-state index contributed by atoms with van der Waals surface area (Å²) in [5, 5.41) is 2.79.